The van der Waals surface area contributed by atoms with Crippen LogP contribution in [-0.4, -0.2) is 32.3 Å². The number of nitrogens with one attached hydrogen (secondary N) is 1. The summed E-state index contributed by atoms with van der Waals surface area (Å²) in [4.78, 5) is 12.1. The summed E-state index contributed by atoms with van der Waals surface area (Å²) in [5.41, 5.74) is -1.50. The molecule has 1 aromatic heterocycles. The molecule has 2 aromatic rings. The highest BCUT2D eigenvalue weighted by Crippen LogP contribution is 2.34. The first-order valence-electron chi connectivity index (χ1n) is 6.85. The Kier molecular flexibility index (Phi) is 5.07. The van der Waals surface area contributed by atoms with Gasteiger partial charge in [0.15, 0.2) is 5.82 Å². The minimum Gasteiger partial charge on any atom is -0.360 e. The number of nitrogens with zero attached hydrogens (tertiary/aromatic N) is 2. The highest BCUT2D eigenvalue weighted by atomic mass is 32.2. The Bertz CT molecular complexity index is 877. The standard InChI is InChI=1S/C14H14F3N3O4S/c1-9-7-12(19-24-9)20(25(2,22)23)8-13(21)18-11-6-4-3-5-10(11)14(15,16)17/h3-7H,8H2,1-2H3,(H,18,21). The quantitative estimate of drug-likeness (QED) is 0.864. The van der Waals surface area contributed by atoms with E-state index in [-0.39, 0.29) is 5.82 Å². The van der Waals surface area contributed by atoms with Crippen LogP contribution in [0, 0.1) is 6.92 Å². The number of hydrogen-bond donors (Lipinski definition) is 1. The van der Waals surface area contributed by atoms with Crippen LogP contribution in [0.5, 0.6) is 0 Å². The van der Waals surface area contributed by atoms with Crippen LogP contribution in [0.15, 0.2) is 34.9 Å². The number of para-hydroxylation sites is 1. The topological polar surface area (TPSA) is 92.5 Å². The van der Waals surface area contributed by atoms with E-state index in [1.165, 1.54) is 25.1 Å². The third-order valence-corrected chi connectivity index (χ3v) is 4.18. The molecule has 1 aromatic carbocycles. The minimum absolute atomic E-state index is 0.140. The molecule has 0 aliphatic rings. The van der Waals surface area contributed by atoms with Crippen molar-refractivity contribution in [1.29, 1.82) is 0 Å². The molecule has 0 unspecified atom stereocenters. The van der Waals surface area contributed by atoms with Crippen LogP contribution < -0.4 is 9.62 Å². The zero-order valence-electron chi connectivity index (χ0n) is 13.2. The molecule has 0 aliphatic carbocycles. The average molecular weight is 377 g/mol. The summed E-state index contributed by atoms with van der Waals surface area (Å²) >= 11 is 0. The number of alkyl halides is 3. The van der Waals surface area contributed by atoms with Crippen LogP contribution in [0.25, 0.3) is 0 Å². The van der Waals surface area contributed by atoms with Crippen LogP contribution in [0.3, 0.4) is 0 Å². The van der Waals surface area contributed by atoms with Crippen molar-refractivity contribution in [3.8, 4) is 0 Å². The normalized spacial score (nSPS) is 12.0. The molecule has 0 aliphatic heterocycles. The highest BCUT2D eigenvalue weighted by Gasteiger charge is 2.34. The number of sulfonamides is 1. The molecule has 0 saturated heterocycles. The predicted octanol–water partition coefficient (Wildman–Crippen LogP) is 2.41. The number of anilines is 2. The number of rotatable bonds is 5. The van der Waals surface area contributed by atoms with Crippen LogP contribution in [0.2, 0.25) is 0 Å². The Morgan fingerprint density at radius 1 is 1.32 bits per heavy atom. The van der Waals surface area contributed by atoms with Gasteiger partial charge in [0, 0.05) is 6.07 Å². The zero-order valence-corrected chi connectivity index (χ0v) is 14.0. The molecule has 0 radical (unpaired) electrons. The van der Waals surface area contributed by atoms with E-state index >= 15 is 0 Å². The second-order valence-corrected chi connectivity index (χ2v) is 7.06. The molecule has 7 nitrogen and oxygen atoms in total. The molecule has 2 rings (SSSR count). The molecule has 0 bridgehead atoms. The number of carbonyl (C=O) groups excluding carboxylic acids is 1. The van der Waals surface area contributed by atoms with Gasteiger partial charge in [-0.3, -0.25) is 4.79 Å². The largest absolute Gasteiger partial charge is 0.418 e. The first-order chi connectivity index (χ1) is 11.5. The van der Waals surface area contributed by atoms with E-state index in [1.54, 1.807) is 0 Å². The lowest BCUT2D eigenvalue weighted by Gasteiger charge is -2.19. The molecule has 0 saturated carbocycles. The van der Waals surface area contributed by atoms with Gasteiger partial charge in [-0.1, -0.05) is 17.3 Å². The molecule has 0 spiro atoms. The van der Waals surface area contributed by atoms with E-state index in [0.29, 0.717) is 10.1 Å². The first-order valence-corrected chi connectivity index (χ1v) is 8.70. The third-order valence-electron chi connectivity index (χ3n) is 3.07. The number of halogens is 3. The SMILES string of the molecule is Cc1cc(N(CC(=O)Nc2ccccc2C(F)(F)F)S(C)(=O)=O)no1. The lowest BCUT2D eigenvalue weighted by Crippen LogP contribution is -2.37. The molecular weight excluding hydrogens is 363 g/mol. The number of hydrogen-bond acceptors (Lipinski definition) is 5. The smallest absolute Gasteiger partial charge is 0.360 e. The summed E-state index contributed by atoms with van der Waals surface area (Å²) in [6, 6.07) is 5.67. The predicted molar refractivity (Wildman–Crippen MR) is 83.5 cm³/mol. The van der Waals surface area contributed by atoms with Crippen LogP contribution in [0.1, 0.15) is 11.3 Å². The number of aromatic nitrogens is 1. The van der Waals surface area contributed by atoms with Crippen molar-refractivity contribution < 1.29 is 30.9 Å². The number of carbonyl (C=O) groups is 1. The maximum absolute atomic E-state index is 12.9. The number of aryl methyl sites for hydroxylation is 1. The van der Waals surface area contributed by atoms with Crippen molar-refractivity contribution in [1.82, 2.24) is 5.16 Å². The Morgan fingerprint density at radius 3 is 2.48 bits per heavy atom. The van der Waals surface area contributed by atoms with Gasteiger partial charge in [-0.2, -0.15) is 13.2 Å². The van der Waals surface area contributed by atoms with Gasteiger partial charge in [0.25, 0.3) is 0 Å². The monoisotopic (exact) mass is 377 g/mol. The Hall–Kier alpha value is -2.56. The Labute approximate surface area is 141 Å². The molecule has 0 atom stereocenters. The van der Waals surface area contributed by atoms with Crippen LogP contribution >= 0.6 is 0 Å². The Morgan fingerprint density at radius 2 is 1.96 bits per heavy atom. The molecular formula is C14H14F3N3O4S. The van der Waals surface area contributed by atoms with Gasteiger partial charge in [-0.15, -0.1) is 0 Å². The van der Waals surface area contributed by atoms with Crippen molar-refractivity contribution in [2.24, 2.45) is 0 Å². The lowest BCUT2D eigenvalue weighted by atomic mass is 10.1. The first kappa shape index (κ1) is 18.8. The lowest BCUT2D eigenvalue weighted by molar-refractivity contribution is -0.137. The molecule has 1 heterocycles. The van der Waals surface area contributed by atoms with Gasteiger partial charge in [-0.05, 0) is 19.1 Å². The molecule has 1 amide bonds. The molecule has 0 fully saturated rings. The summed E-state index contributed by atoms with van der Waals surface area (Å²) in [5, 5.41) is 5.58. The number of amides is 1. The second kappa shape index (κ2) is 6.75. The summed E-state index contributed by atoms with van der Waals surface area (Å²) < 4.78 is 67.9. The van der Waals surface area contributed by atoms with Crippen molar-refractivity contribution >= 4 is 27.4 Å². The molecule has 1 N–H and O–H groups in total. The van der Waals surface area contributed by atoms with E-state index in [4.69, 9.17) is 4.52 Å². The fourth-order valence-corrected chi connectivity index (χ4v) is 2.78. The van der Waals surface area contributed by atoms with Gasteiger partial charge in [0.05, 0.1) is 17.5 Å². The second-order valence-electron chi connectivity index (χ2n) is 5.16. The zero-order chi connectivity index (χ0) is 18.8. The highest BCUT2D eigenvalue weighted by molar-refractivity contribution is 7.92. The molecule has 25 heavy (non-hydrogen) atoms. The summed E-state index contributed by atoms with van der Waals surface area (Å²) in [6.07, 6.45) is -3.82. The van der Waals surface area contributed by atoms with Gasteiger partial charge in [0.2, 0.25) is 15.9 Å². The van der Waals surface area contributed by atoms with Gasteiger partial charge in [0.1, 0.15) is 12.3 Å². The van der Waals surface area contributed by atoms with Crippen LogP contribution in [0.4, 0.5) is 24.7 Å². The van der Waals surface area contributed by atoms with E-state index in [9.17, 15) is 26.4 Å². The van der Waals surface area contributed by atoms with E-state index in [2.05, 4.69) is 10.5 Å². The van der Waals surface area contributed by atoms with E-state index in [1.807, 2.05) is 0 Å². The van der Waals surface area contributed by atoms with Gasteiger partial charge >= 0.3 is 6.18 Å². The fourth-order valence-electron chi connectivity index (χ4n) is 2.00. The van der Waals surface area contributed by atoms with Crippen molar-refractivity contribution in [2.45, 2.75) is 13.1 Å². The van der Waals surface area contributed by atoms with Crippen molar-refractivity contribution in [2.75, 3.05) is 22.4 Å². The fraction of sp³-hybridized carbons (Fsp3) is 0.286. The van der Waals surface area contributed by atoms with Crippen molar-refractivity contribution in [3.05, 3.63) is 41.7 Å². The summed E-state index contributed by atoms with van der Waals surface area (Å²) in [7, 11) is -3.90. The van der Waals surface area contributed by atoms with Crippen LogP contribution in [-0.2, 0) is 21.0 Å². The third kappa shape index (κ3) is 4.72. The van der Waals surface area contributed by atoms with Crippen molar-refractivity contribution in [3.63, 3.8) is 0 Å². The maximum atomic E-state index is 12.9. The van der Waals surface area contributed by atoms with Gasteiger partial charge in [-0.25, -0.2) is 12.7 Å². The Balaban J connectivity index is 2.24. The molecule has 136 valence electrons. The van der Waals surface area contributed by atoms with E-state index in [0.717, 1.165) is 18.4 Å². The summed E-state index contributed by atoms with van der Waals surface area (Å²) in [6.45, 7) is 0.771. The maximum Gasteiger partial charge on any atom is 0.418 e. The minimum atomic E-state index is -4.66. The number of benzene rings is 1. The van der Waals surface area contributed by atoms with E-state index < -0.39 is 39.9 Å². The molecule has 11 heteroatoms. The van der Waals surface area contributed by atoms with Gasteiger partial charge < -0.3 is 9.84 Å². The summed E-state index contributed by atoms with van der Waals surface area (Å²) in [5.74, 6) is -0.784. The average Bonchev–Trinajstić information content (AvgIpc) is 2.89.